The second kappa shape index (κ2) is 13.0. The second-order valence-electron chi connectivity index (χ2n) is 9.74. The summed E-state index contributed by atoms with van der Waals surface area (Å²) >= 11 is 0. The summed E-state index contributed by atoms with van der Waals surface area (Å²) in [4.78, 5) is 0. The fourth-order valence-electron chi connectivity index (χ4n) is 5.33. The molecule has 194 valence electrons. The molecular formula is C38H32P2. The molecule has 0 radical (unpaired) electrons. The maximum Gasteiger partial charge on any atom is -0.0104 e. The van der Waals surface area contributed by atoms with Gasteiger partial charge in [-0.3, -0.25) is 0 Å². The molecule has 2 atom stereocenters. The van der Waals surface area contributed by atoms with Gasteiger partial charge in [0.1, 0.15) is 0 Å². The minimum Gasteiger partial charge on any atom is -0.0622 e. The highest BCUT2D eigenvalue weighted by atomic mass is 31.1. The molecule has 0 aliphatic carbocycles. The lowest BCUT2D eigenvalue weighted by atomic mass is 10.1. The van der Waals surface area contributed by atoms with Crippen molar-refractivity contribution in [3.63, 3.8) is 0 Å². The van der Waals surface area contributed by atoms with Crippen LogP contribution in [0.3, 0.4) is 0 Å². The lowest BCUT2D eigenvalue weighted by Crippen LogP contribution is -2.21. The molecule has 6 aromatic carbocycles. The van der Waals surface area contributed by atoms with Gasteiger partial charge in [0.15, 0.2) is 0 Å². The smallest absolute Gasteiger partial charge is 0.0104 e. The number of hydrogen-bond acceptors (Lipinski definition) is 0. The molecule has 0 spiro atoms. The molecule has 6 aromatic rings. The predicted octanol–water partition coefficient (Wildman–Crippen LogP) is 8.59. The molecule has 0 unspecified atom stereocenters. The van der Waals surface area contributed by atoms with Gasteiger partial charge in [-0.2, -0.15) is 0 Å². The van der Waals surface area contributed by atoms with E-state index in [4.69, 9.17) is 0 Å². The summed E-state index contributed by atoms with van der Waals surface area (Å²) in [6, 6.07) is 62.2. The summed E-state index contributed by atoms with van der Waals surface area (Å²) in [5, 5.41) is 5.82. The molecule has 0 fully saturated rings. The highest BCUT2D eigenvalue weighted by Crippen LogP contribution is 2.44. The van der Waals surface area contributed by atoms with Crippen molar-refractivity contribution in [2.24, 2.45) is 0 Å². The van der Waals surface area contributed by atoms with E-state index in [1.165, 1.54) is 43.5 Å². The topological polar surface area (TPSA) is 0 Å². The first-order chi connectivity index (χ1) is 19.9. The lowest BCUT2D eigenvalue weighted by Gasteiger charge is -2.27. The average Bonchev–Trinajstić information content (AvgIpc) is 3.05. The van der Waals surface area contributed by atoms with Crippen LogP contribution in [0.4, 0.5) is 0 Å². The van der Waals surface area contributed by atoms with Crippen LogP contribution in [0.2, 0.25) is 0 Å². The Labute approximate surface area is 240 Å². The van der Waals surface area contributed by atoms with Gasteiger partial charge in [0.05, 0.1) is 0 Å². The molecule has 6 rings (SSSR count). The number of rotatable bonds is 9. The van der Waals surface area contributed by atoms with E-state index < -0.39 is 15.8 Å². The van der Waals surface area contributed by atoms with E-state index in [9.17, 15) is 0 Å². The third-order valence-corrected chi connectivity index (χ3v) is 12.7. The lowest BCUT2D eigenvalue weighted by molar-refractivity contribution is 1.50. The Morgan fingerprint density at radius 3 is 0.975 bits per heavy atom. The largest absolute Gasteiger partial charge is 0.0622 e. The quantitative estimate of drug-likeness (QED) is 0.158. The summed E-state index contributed by atoms with van der Waals surface area (Å²) in [5.74, 6) is 0. The van der Waals surface area contributed by atoms with Gasteiger partial charge in [0.2, 0.25) is 0 Å². The summed E-state index contributed by atoms with van der Waals surface area (Å²) in [6.45, 7) is 0. The van der Waals surface area contributed by atoms with Crippen molar-refractivity contribution in [3.8, 4) is 22.3 Å². The Balaban J connectivity index is 1.43. The molecular weight excluding hydrogens is 518 g/mol. The molecule has 0 amide bonds. The van der Waals surface area contributed by atoms with E-state index in [2.05, 4.69) is 170 Å². The average molecular weight is 551 g/mol. The number of benzene rings is 6. The standard InChI is InChI=1S/C38H32P2/c1-5-17-31(18-6-1)35-25-13-15-27-37(35)39(33-21-9-3-10-22-33)29-30-40(34-23-11-4-12-24-34)38-28-16-14-26-36(38)32-19-7-2-8-20-32/h1-28H,29-30H2/t39-,40-/m0/s1. The van der Waals surface area contributed by atoms with Gasteiger partial charge < -0.3 is 0 Å². The van der Waals surface area contributed by atoms with Crippen molar-refractivity contribution >= 4 is 37.1 Å². The Morgan fingerprint density at radius 2 is 0.600 bits per heavy atom. The second-order valence-corrected chi connectivity index (χ2v) is 14.3. The van der Waals surface area contributed by atoms with E-state index in [1.807, 2.05) is 0 Å². The normalized spacial score (nSPS) is 12.5. The molecule has 0 nitrogen and oxygen atoms in total. The molecule has 2 heteroatoms. The van der Waals surface area contributed by atoms with E-state index in [1.54, 1.807) is 0 Å². The maximum absolute atomic E-state index is 2.36. The fraction of sp³-hybridized carbons (Fsp3) is 0.0526. The van der Waals surface area contributed by atoms with Crippen molar-refractivity contribution in [1.82, 2.24) is 0 Å². The molecule has 40 heavy (non-hydrogen) atoms. The van der Waals surface area contributed by atoms with Gasteiger partial charge in [-0.25, -0.2) is 0 Å². The van der Waals surface area contributed by atoms with Crippen LogP contribution in [0.5, 0.6) is 0 Å². The third kappa shape index (κ3) is 6.00. The molecule has 0 aromatic heterocycles. The minimum absolute atomic E-state index is 0.556. The Morgan fingerprint density at radius 1 is 0.300 bits per heavy atom. The van der Waals surface area contributed by atoms with Crippen molar-refractivity contribution in [1.29, 1.82) is 0 Å². The van der Waals surface area contributed by atoms with Crippen LogP contribution in [-0.4, -0.2) is 12.3 Å². The van der Waals surface area contributed by atoms with Crippen LogP contribution >= 0.6 is 15.8 Å². The summed E-state index contributed by atoms with van der Waals surface area (Å²) in [7, 11) is -1.11. The van der Waals surface area contributed by atoms with E-state index in [0.717, 1.165) is 12.3 Å². The van der Waals surface area contributed by atoms with Gasteiger partial charge >= 0.3 is 0 Å². The molecule has 0 N–H and O–H groups in total. The molecule has 0 bridgehead atoms. The molecule has 0 aliphatic heterocycles. The zero-order valence-corrected chi connectivity index (χ0v) is 24.3. The summed E-state index contributed by atoms with van der Waals surface area (Å²) in [5.41, 5.74) is 5.29. The Hall–Kier alpha value is -3.82. The first kappa shape index (κ1) is 26.4. The Bertz CT molecular complexity index is 1500. The van der Waals surface area contributed by atoms with Crippen molar-refractivity contribution < 1.29 is 0 Å². The molecule has 0 saturated carbocycles. The predicted molar refractivity (Wildman–Crippen MR) is 179 cm³/mol. The van der Waals surface area contributed by atoms with Crippen LogP contribution < -0.4 is 21.2 Å². The molecule has 0 aliphatic rings. The zero-order chi connectivity index (χ0) is 27.0. The van der Waals surface area contributed by atoms with Gasteiger partial charge in [0, 0.05) is 0 Å². The van der Waals surface area contributed by atoms with Gasteiger partial charge in [-0.15, -0.1) is 0 Å². The van der Waals surface area contributed by atoms with Crippen molar-refractivity contribution in [2.45, 2.75) is 0 Å². The molecule has 0 heterocycles. The van der Waals surface area contributed by atoms with Crippen molar-refractivity contribution in [2.75, 3.05) is 12.3 Å². The van der Waals surface area contributed by atoms with Crippen LogP contribution in [-0.2, 0) is 0 Å². The maximum atomic E-state index is 2.36. The number of hydrogen-bond donors (Lipinski definition) is 0. The third-order valence-electron chi connectivity index (χ3n) is 7.24. The summed E-state index contributed by atoms with van der Waals surface area (Å²) in [6.07, 6.45) is 2.26. The minimum atomic E-state index is -0.556. The first-order valence-electron chi connectivity index (χ1n) is 13.8. The van der Waals surface area contributed by atoms with Crippen LogP contribution in [0.15, 0.2) is 170 Å². The summed E-state index contributed by atoms with van der Waals surface area (Å²) < 4.78 is 0. The zero-order valence-electron chi connectivity index (χ0n) is 22.5. The van der Waals surface area contributed by atoms with Crippen LogP contribution in [0.1, 0.15) is 0 Å². The highest BCUT2D eigenvalue weighted by molar-refractivity contribution is 7.77. The van der Waals surface area contributed by atoms with Gasteiger partial charge in [-0.05, 0) is 71.6 Å². The van der Waals surface area contributed by atoms with Gasteiger partial charge in [0.25, 0.3) is 0 Å². The monoisotopic (exact) mass is 550 g/mol. The SMILES string of the molecule is c1ccc(-c2ccccc2[P@@](CC[P@@](c2ccccc2)c2ccccc2-c2ccccc2)c2ccccc2)cc1. The fourth-order valence-corrected chi connectivity index (χ4v) is 11.1. The van der Waals surface area contributed by atoms with Crippen LogP contribution in [0.25, 0.3) is 22.3 Å². The van der Waals surface area contributed by atoms with E-state index in [-0.39, 0.29) is 0 Å². The van der Waals surface area contributed by atoms with Crippen LogP contribution in [0, 0.1) is 0 Å². The Kier molecular flexibility index (Phi) is 8.60. The van der Waals surface area contributed by atoms with E-state index in [0.29, 0.717) is 0 Å². The van der Waals surface area contributed by atoms with Gasteiger partial charge in [-0.1, -0.05) is 170 Å². The van der Waals surface area contributed by atoms with E-state index >= 15 is 0 Å². The molecule has 0 saturated heterocycles. The van der Waals surface area contributed by atoms with Crippen molar-refractivity contribution in [3.05, 3.63) is 170 Å². The first-order valence-corrected chi connectivity index (χ1v) is 16.9. The highest BCUT2D eigenvalue weighted by Gasteiger charge is 2.23.